The van der Waals surface area contributed by atoms with Crippen LogP contribution < -0.4 is 0 Å². The molecule has 0 unspecified atom stereocenters. The molecule has 0 saturated heterocycles. The number of benzene rings is 3. The van der Waals surface area contributed by atoms with E-state index in [-0.39, 0.29) is 0 Å². The minimum atomic E-state index is -4.39. The van der Waals surface area contributed by atoms with Crippen LogP contribution in [0.15, 0.2) is 74.6 Å². The first kappa shape index (κ1) is 21.2. The normalized spacial score (nSPS) is 14.8. The van der Waals surface area contributed by atoms with E-state index in [9.17, 15) is 13.2 Å². The Labute approximate surface area is 199 Å². The molecule has 2 nitrogen and oxygen atoms in total. The number of aromatic amines is 1. The molecule has 0 fully saturated rings. The van der Waals surface area contributed by atoms with Gasteiger partial charge in [-0.1, -0.05) is 44.0 Å². The maximum absolute atomic E-state index is 13.2. The molecular formula is C25H15Br2F3N2. The third kappa shape index (κ3) is 3.63. The standard InChI is InChI=1S/C25H15Br2F3N2/c1-13-23(19-11-17(27)7-9-22(19)32-13)24(14-2-4-15(5-3-14)25(28,29)30)20-12-31-21-8-6-16(26)10-18(20)21/h2-12,32H,1H3/b24-20+. The number of rotatable bonds is 2. The van der Waals surface area contributed by atoms with Gasteiger partial charge in [0.15, 0.2) is 0 Å². The van der Waals surface area contributed by atoms with Crippen molar-refractivity contribution in [3.8, 4) is 0 Å². The van der Waals surface area contributed by atoms with Crippen LogP contribution in [0.3, 0.4) is 0 Å². The van der Waals surface area contributed by atoms with Crippen molar-refractivity contribution in [2.75, 3.05) is 0 Å². The third-order valence-electron chi connectivity index (χ3n) is 5.55. The van der Waals surface area contributed by atoms with Crippen molar-refractivity contribution in [2.24, 2.45) is 4.99 Å². The number of aliphatic imine (C=N–C) groups is 1. The van der Waals surface area contributed by atoms with Gasteiger partial charge in [-0.2, -0.15) is 13.2 Å². The summed E-state index contributed by atoms with van der Waals surface area (Å²) in [6.07, 6.45) is -2.60. The molecule has 2 heterocycles. The second-order valence-electron chi connectivity index (χ2n) is 7.60. The maximum atomic E-state index is 13.2. The number of nitrogens with zero attached hydrogens (tertiary/aromatic N) is 1. The van der Waals surface area contributed by atoms with Crippen molar-refractivity contribution in [3.05, 3.63) is 97.6 Å². The molecule has 0 amide bonds. The van der Waals surface area contributed by atoms with Crippen LogP contribution in [-0.2, 0) is 6.18 Å². The van der Waals surface area contributed by atoms with Crippen molar-refractivity contribution >= 4 is 65.8 Å². The zero-order chi connectivity index (χ0) is 22.6. The van der Waals surface area contributed by atoms with Gasteiger partial charge in [-0.25, -0.2) is 0 Å². The first-order chi connectivity index (χ1) is 15.2. The largest absolute Gasteiger partial charge is 0.416 e. The Morgan fingerprint density at radius 2 is 1.59 bits per heavy atom. The predicted molar refractivity (Wildman–Crippen MR) is 130 cm³/mol. The average molecular weight is 560 g/mol. The fraction of sp³-hybridized carbons (Fsp3) is 0.0800. The summed E-state index contributed by atoms with van der Waals surface area (Å²) in [6, 6.07) is 17.1. The first-order valence-electron chi connectivity index (χ1n) is 9.76. The van der Waals surface area contributed by atoms with E-state index in [0.717, 1.165) is 65.6 Å². The van der Waals surface area contributed by atoms with Crippen LogP contribution in [0.5, 0.6) is 0 Å². The fourth-order valence-electron chi connectivity index (χ4n) is 4.12. The van der Waals surface area contributed by atoms with E-state index in [4.69, 9.17) is 0 Å². The number of halogens is 5. The van der Waals surface area contributed by atoms with Gasteiger partial charge in [0.2, 0.25) is 0 Å². The van der Waals surface area contributed by atoms with Crippen LogP contribution in [-0.4, -0.2) is 11.2 Å². The van der Waals surface area contributed by atoms with Gasteiger partial charge in [-0.3, -0.25) is 4.99 Å². The molecule has 0 spiro atoms. The number of aromatic nitrogens is 1. The van der Waals surface area contributed by atoms with Crippen LogP contribution in [0.4, 0.5) is 18.9 Å². The predicted octanol–water partition coefficient (Wildman–Crippen LogP) is 8.70. The Hall–Kier alpha value is -2.64. The molecule has 7 heteroatoms. The van der Waals surface area contributed by atoms with Crippen molar-refractivity contribution in [1.82, 2.24) is 4.98 Å². The van der Waals surface area contributed by atoms with E-state index >= 15 is 0 Å². The Balaban J connectivity index is 1.84. The Morgan fingerprint density at radius 1 is 0.906 bits per heavy atom. The van der Waals surface area contributed by atoms with E-state index in [1.807, 2.05) is 43.3 Å². The lowest BCUT2D eigenvalue weighted by Gasteiger charge is -2.15. The van der Waals surface area contributed by atoms with Crippen molar-refractivity contribution in [2.45, 2.75) is 13.1 Å². The highest BCUT2D eigenvalue weighted by Crippen LogP contribution is 2.44. The molecule has 5 rings (SSSR count). The number of hydrogen-bond acceptors (Lipinski definition) is 1. The quantitative estimate of drug-likeness (QED) is 0.254. The summed E-state index contributed by atoms with van der Waals surface area (Å²) in [5.41, 5.74) is 6.29. The van der Waals surface area contributed by atoms with Crippen LogP contribution in [0.1, 0.15) is 27.9 Å². The van der Waals surface area contributed by atoms with Gasteiger partial charge in [-0.05, 0) is 61.0 Å². The van der Waals surface area contributed by atoms with E-state index in [1.54, 1.807) is 6.21 Å². The zero-order valence-electron chi connectivity index (χ0n) is 16.7. The molecule has 4 aromatic rings. The lowest BCUT2D eigenvalue weighted by molar-refractivity contribution is -0.137. The summed E-state index contributed by atoms with van der Waals surface area (Å²) >= 11 is 7.07. The van der Waals surface area contributed by atoms with Crippen molar-refractivity contribution in [3.63, 3.8) is 0 Å². The van der Waals surface area contributed by atoms with Gasteiger partial charge in [-0.15, -0.1) is 0 Å². The first-order valence-corrected chi connectivity index (χ1v) is 11.3. The van der Waals surface area contributed by atoms with E-state index in [2.05, 4.69) is 41.8 Å². The second kappa shape index (κ2) is 7.74. The highest BCUT2D eigenvalue weighted by atomic mass is 79.9. The summed E-state index contributed by atoms with van der Waals surface area (Å²) in [6.45, 7) is 1.97. The minimum absolute atomic E-state index is 0.674. The number of hydrogen-bond donors (Lipinski definition) is 1. The van der Waals surface area contributed by atoms with Crippen LogP contribution in [0.25, 0.3) is 22.0 Å². The molecule has 32 heavy (non-hydrogen) atoms. The smallest absolute Gasteiger partial charge is 0.358 e. The topological polar surface area (TPSA) is 28.1 Å². The van der Waals surface area contributed by atoms with Gasteiger partial charge >= 0.3 is 6.18 Å². The molecule has 0 aliphatic carbocycles. The highest BCUT2D eigenvalue weighted by molar-refractivity contribution is 9.10. The molecule has 1 aliphatic heterocycles. The average Bonchev–Trinajstić information content (AvgIpc) is 3.29. The molecule has 0 saturated carbocycles. The number of aryl methyl sites for hydroxylation is 1. The summed E-state index contributed by atoms with van der Waals surface area (Å²) in [4.78, 5) is 7.97. The summed E-state index contributed by atoms with van der Waals surface area (Å²) in [5.74, 6) is 0. The second-order valence-corrected chi connectivity index (χ2v) is 9.43. The monoisotopic (exact) mass is 558 g/mol. The lowest BCUT2D eigenvalue weighted by Crippen LogP contribution is -2.05. The number of H-pyrrole nitrogens is 1. The molecular weight excluding hydrogens is 545 g/mol. The zero-order valence-corrected chi connectivity index (χ0v) is 19.9. The van der Waals surface area contributed by atoms with Gasteiger partial charge in [0.05, 0.1) is 11.3 Å². The lowest BCUT2D eigenvalue weighted by atomic mass is 9.88. The molecule has 1 aliphatic rings. The van der Waals surface area contributed by atoms with E-state index in [1.165, 1.54) is 12.1 Å². The third-order valence-corrected chi connectivity index (χ3v) is 6.54. The van der Waals surface area contributed by atoms with Crippen molar-refractivity contribution in [1.29, 1.82) is 0 Å². The highest BCUT2D eigenvalue weighted by Gasteiger charge is 2.31. The molecule has 160 valence electrons. The Bertz CT molecular complexity index is 1430. The molecule has 0 radical (unpaired) electrons. The van der Waals surface area contributed by atoms with Gasteiger partial charge in [0.25, 0.3) is 0 Å². The van der Waals surface area contributed by atoms with Crippen LogP contribution >= 0.6 is 31.9 Å². The molecule has 1 aromatic heterocycles. The van der Waals surface area contributed by atoms with Gasteiger partial charge in [0.1, 0.15) is 0 Å². The SMILES string of the molecule is Cc1[nH]c2ccc(Br)cc2c1/C(=C1\C=Nc2ccc(Br)cc21)c1ccc(C(F)(F)F)cc1. The number of allylic oxidation sites excluding steroid dienone is 1. The summed E-state index contributed by atoms with van der Waals surface area (Å²) in [7, 11) is 0. The molecule has 0 bridgehead atoms. The Morgan fingerprint density at radius 3 is 2.31 bits per heavy atom. The summed E-state index contributed by atoms with van der Waals surface area (Å²) in [5, 5.41) is 0.983. The molecule has 0 atom stereocenters. The number of nitrogens with one attached hydrogen (secondary N) is 1. The Kier molecular flexibility index (Phi) is 5.13. The molecule has 1 N–H and O–H groups in total. The number of alkyl halides is 3. The van der Waals surface area contributed by atoms with Crippen LogP contribution in [0, 0.1) is 6.92 Å². The van der Waals surface area contributed by atoms with Crippen LogP contribution in [0.2, 0.25) is 0 Å². The maximum Gasteiger partial charge on any atom is 0.416 e. The summed E-state index contributed by atoms with van der Waals surface area (Å²) < 4.78 is 41.4. The fourth-order valence-corrected chi connectivity index (χ4v) is 4.84. The van der Waals surface area contributed by atoms with E-state index in [0.29, 0.717) is 5.56 Å². The molecule has 3 aromatic carbocycles. The minimum Gasteiger partial charge on any atom is -0.358 e. The van der Waals surface area contributed by atoms with Gasteiger partial charge in [0, 0.05) is 54.0 Å². The van der Waals surface area contributed by atoms with Crippen molar-refractivity contribution < 1.29 is 13.2 Å². The van der Waals surface area contributed by atoms with Gasteiger partial charge < -0.3 is 4.98 Å². The van der Waals surface area contributed by atoms with E-state index < -0.39 is 11.7 Å². The number of fused-ring (bicyclic) bond motifs is 2.